The maximum absolute atomic E-state index is 13.6. The zero-order valence-corrected chi connectivity index (χ0v) is 19.0. The Morgan fingerprint density at radius 2 is 1.85 bits per heavy atom. The first-order chi connectivity index (χ1) is 16.5. The van der Waals surface area contributed by atoms with Crippen molar-refractivity contribution >= 4 is 28.6 Å². The molecule has 1 saturated carbocycles. The zero-order chi connectivity index (χ0) is 24.1. The Balaban J connectivity index is 1.57. The predicted octanol–water partition coefficient (Wildman–Crippen LogP) is 4.27. The van der Waals surface area contributed by atoms with E-state index in [0.717, 1.165) is 36.5 Å². The summed E-state index contributed by atoms with van der Waals surface area (Å²) in [6.45, 7) is 0.0346. The molecule has 9 heteroatoms. The summed E-state index contributed by atoms with van der Waals surface area (Å²) >= 11 is 0. The zero-order valence-electron chi connectivity index (χ0n) is 19.0. The van der Waals surface area contributed by atoms with E-state index in [2.05, 4.69) is 15.3 Å². The number of carboxylic acid groups (broad SMARTS) is 1. The van der Waals surface area contributed by atoms with Gasteiger partial charge in [-0.3, -0.25) is 9.59 Å². The summed E-state index contributed by atoms with van der Waals surface area (Å²) in [5.41, 5.74) is 9.22. The van der Waals surface area contributed by atoms with Gasteiger partial charge in [0.25, 0.3) is 5.91 Å². The highest BCUT2D eigenvalue weighted by atomic mass is 16.4. The second kappa shape index (κ2) is 10.6. The third-order valence-electron chi connectivity index (χ3n) is 6.97. The lowest BCUT2D eigenvalue weighted by atomic mass is 9.84. The third-order valence-corrected chi connectivity index (χ3v) is 6.97. The number of aliphatic carboxylic acids is 1. The number of nitrogens with one attached hydrogen (secondary N) is 1. The van der Waals surface area contributed by atoms with E-state index in [1.165, 1.54) is 11.3 Å². The van der Waals surface area contributed by atoms with Crippen LogP contribution in [-0.4, -0.2) is 52.5 Å². The van der Waals surface area contributed by atoms with E-state index in [0.29, 0.717) is 17.9 Å². The number of rotatable bonds is 7. The van der Waals surface area contributed by atoms with Gasteiger partial charge >= 0.3 is 5.97 Å². The van der Waals surface area contributed by atoms with E-state index in [9.17, 15) is 19.5 Å². The van der Waals surface area contributed by atoms with E-state index >= 15 is 0 Å². The lowest BCUT2D eigenvalue weighted by molar-refractivity contribution is -0.149. The van der Waals surface area contributed by atoms with Gasteiger partial charge in [0.05, 0.1) is 6.04 Å². The van der Waals surface area contributed by atoms with E-state index in [4.69, 9.17) is 5.53 Å². The molecule has 1 heterocycles. The molecule has 1 unspecified atom stereocenters. The fraction of sp³-hybridized carbons (Fsp3) is 0.480. The van der Waals surface area contributed by atoms with Crippen LogP contribution in [0.25, 0.3) is 21.2 Å². The molecule has 0 spiro atoms. The molecule has 2 aromatic carbocycles. The van der Waals surface area contributed by atoms with Crippen molar-refractivity contribution in [2.45, 2.75) is 63.1 Å². The molecule has 0 bridgehead atoms. The smallest absolute Gasteiger partial charge is 0.326 e. The molecule has 178 valence electrons. The summed E-state index contributed by atoms with van der Waals surface area (Å²) in [6.07, 6.45) is 5.85. The number of likely N-dealkylation sites (tertiary alicyclic amines) is 1. The fourth-order valence-corrected chi connectivity index (χ4v) is 5.20. The summed E-state index contributed by atoms with van der Waals surface area (Å²) in [6, 6.07) is 10.6. The summed E-state index contributed by atoms with van der Waals surface area (Å²) in [5, 5.41) is 18.1. The van der Waals surface area contributed by atoms with E-state index in [1.54, 1.807) is 12.1 Å². The monoisotopic (exact) mass is 463 g/mol. The van der Waals surface area contributed by atoms with Crippen molar-refractivity contribution in [1.82, 2.24) is 10.2 Å². The van der Waals surface area contributed by atoms with Crippen LogP contribution in [0, 0.1) is 5.92 Å². The second-order valence-corrected chi connectivity index (χ2v) is 9.27. The second-order valence-electron chi connectivity index (χ2n) is 9.27. The molecular weight excluding hydrogens is 434 g/mol. The standard InChI is InChI=1S/C25H29N5O4/c26-29-28-20-14-22(25(33)34)30(15-20)24(32)21(12-16-6-2-1-3-7-16)27-23(31)19-11-10-17-8-4-5-9-18(17)13-19/h4-5,8-11,13,16,20-22H,1-3,6-7,12,14-15H2,(H,27,31)(H,33,34)/t20-,21?,22-/m0/s1. The molecule has 2 aromatic rings. The Morgan fingerprint density at radius 3 is 2.56 bits per heavy atom. The molecule has 2 aliphatic rings. The molecule has 1 saturated heterocycles. The third kappa shape index (κ3) is 5.31. The van der Waals surface area contributed by atoms with Crippen LogP contribution in [0.3, 0.4) is 0 Å². The van der Waals surface area contributed by atoms with Crippen LogP contribution in [0.15, 0.2) is 47.6 Å². The fourth-order valence-electron chi connectivity index (χ4n) is 5.20. The molecule has 0 aromatic heterocycles. The highest BCUT2D eigenvalue weighted by molar-refractivity contribution is 6.01. The molecule has 4 rings (SSSR count). The molecule has 2 fully saturated rings. The summed E-state index contributed by atoms with van der Waals surface area (Å²) in [7, 11) is 0. The number of carbonyl (C=O) groups excluding carboxylic acids is 2. The van der Waals surface area contributed by atoms with Crippen molar-refractivity contribution < 1.29 is 19.5 Å². The van der Waals surface area contributed by atoms with Gasteiger partial charge in [-0.05, 0) is 47.2 Å². The van der Waals surface area contributed by atoms with Crippen LogP contribution in [0.4, 0.5) is 0 Å². The number of fused-ring (bicyclic) bond motifs is 1. The van der Waals surface area contributed by atoms with E-state index in [-0.39, 0.29) is 18.9 Å². The first-order valence-corrected chi connectivity index (χ1v) is 11.8. The van der Waals surface area contributed by atoms with Gasteiger partial charge in [-0.2, -0.15) is 0 Å². The molecule has 2 amide bonds. The van der Waals surface area contributed by atoms with Crippen molar-refractivity contribution in [1.29, 1.82) is 0 Å². The van der Waals surface area contributed by atoms with Crippen molar-refractivity contribution in [3.63, 3.8) is 0 Å². The number of amides is 2. The normalized spacial score (nSPS) is 21.6. The minimum atomic E-state index is -1.14. The van der Waals surface area contributed by atoms with Gasteiger partial charge in [0.2, 0.25) is 5.91 Å². The SMILES string of the molecule is [N-]=[N+]=N[C@H]1C[C@@H](C(=O)O)N(C(=O)C(CC2CCCCC2)NC(=O)c2ccc3ccccc3c2)C1. The Bertz CT molecular complexity index is 1120. The summed E-state index contributed by atoms with van der Waals surface area (Å²) in [4.78, 5) is 42.6. The highest BCUT2D eigenvalue weighted by Crippen LogP contribution is 2.29. The number of carbonyl (C=O) groups is 3. The van der Waals surface area contributed by atoms with Gasteiger partial charge < -0.3 is 15.3 Å². The molecule has 9 nitrogen and oxygen atoms in total. The van der Waals surface area contributed by atoms with Crippen LogP contribution < -0.4 is 5.32 Å². The quantitative estimate of drug-likeness (QED) is 0.360. The number of hydrogen-bond acceptors (Lipinski definition) is 4. The van der Waals surface area contributed by atoms with Crippen LogP contribution in [0.2, 0.25) is 0 Å². The molecule has 34 heavy (non-hydrogen) atoms. The van der Waals surface area contributed by atoms with Crippen molar-refractivity contribution in [2.75, 3.05) is 6.54 Å². The average Bonchev–Trinajstić information content (AvgIpc) is 3.28. The summed E-state index contributed by atoms with van der Waals surface area (Å²) < 4.78 is 0. The van der Waals surface area contributed by atoms with Gasteiger partial charge in [-0.25, -0.2) is 4.79 Å². The van der Waals surface area contributed by atoms with Crippen LogP contribution in [0.1, 0.15) is 55.3 Å². The van der Waals surface area contributed by atoms with Crippen LogP contribution >= 0.6 is 0 Å². The van der Waals surface area contributed by atoms with Crippen molar-refractivity contribution in [3.8, 4) is 0 Å². The minimum absolute atomic E-state index is 0.0346. The molecule has 1 aliphatic heterocycles. The molecule has 2 N–H and O–H groups in total. The van der Waals surface area contributed by atoms with Gasteiger partial charge in [0.15, 0.2) is 0 Å². The number of benzene rings is 2. The number of azide groups is 1. The van der Waals surface area contributed by atoms with Crippen LogP contribution in [-0.2, 0) is 9.59 Å². The van der Waals surface area contributed by atoms with Crippen molar-refractivity contribution in [2.24, 2.45) is 11.0 Å². The molecular formula is C25H29N5O4. The molecule has 0 radical (unpaired) electrons. The first kappa shape index (κ1) is 23.6. The Hall–Kier alpha value is -3.58. The lowest BCUT2D eigenvalue weighted by Crippen LogP contribution is -2.52. The number of nitrogens with zero attached hydrogens (tertiary/aromatic N) is 4. The minimum Gasteiger partial charge on any atom is -0.480 e. The molecule has 1 aliphatic carbocycles. The van der Waals surface area contributed by atoms with E-state index in [1.807, 2.05) is 30.3 Å². The largest absolute Gasteiger partial charge is 0.480 e. The average molecular weight is 464 g/mol. The maximum atomic E-state index is 13.6. The number of carboxylic acids is 1. The highest BCUT2D eigenvalue weighted by Gasteiger charge is 2.42. The predicted molar refractivity (Wildman–Crippen MR) is 127 cm³/mol. The van der Waals surface area contributed by atoms with Gasteiger partial charge in [0.1, 0.15) is 12.1 Å². The topological polar surface area (TPSA) is 135 Å². The lowest BCUT2D eigenvalue weighted by Gasteiger charge is -2.31. The Morgan fingerprint density at radius 1 is 1.12 bits per heavy atom. The Labute approximate surface area is 197 Å². The van der Waals surface area contributed by atoms with Crippen LogP contribution in [0.5, 0.6) is 0 Å². The van der Waals surface area contributed by atoms with Crippen molar-refractivity contribution in [3.05, 3.63) is 58.5 Å². The van der Waals surface area contributed by atoms with Gasteiger partial charge in [-0.15, -0.1) is 0 Å². The molecule has 3 atom stereocenters. The van der Waals surface area contributed by atoms with E-state index < -0.39 is 30.0 Å². The summed E-state index contributed by atoms with van der Waals surface area (Å²) in [5.74, 6) is -1.64. The van der Waals surface area contributed by atoms with Gasteiger partial charge in [-0.1, -0.05) is 67.6 Å². The Kier molecular flexibility index (Phi) is 7.33. The maximum Gasteiger partial charge on any atom is 0.326 e. The first-order valence-electron chi connectivity index (χ1n) is 11.8. The van der Waals surface area contributed by atoms with Gasteiger partial charge in [0, 0.05) is 17.0 Å². The number of hydrogen-bond donors (Lipinski definition) is 2.